The molecule has 0 fully saturated rings. The monoisotopic (exact) mass is 489 g/mol. The number of primary amides is 1. The van der Waals surface area contributed by atoms with Crippen molar-refractivity contribution in [1.82, 2.24) is 24.9 Å². The van der Waals surface area contributed by atoms with Gasteiger partial charge in [0.25, 0.3) is 0 Å². The number of hydrogen-bond acceptors (Lipinski definition) is 8. The first-order chi connectivity index (χ1) is 16.2. The number of anilines is 2. The number of alkyl halides is 3. The van der Waals surface area contributed by atoms with Gasteiger partial charge in [-0.25, -0.2) is 19.9 Å². The van der Waals surface area contributed by atoms with Crippen LogP contribution in [-0.4, -0.2) is 37.9 Å². The van der Waals surface area contributed by atoms with E-state index in [0.717, 1.165) is 12.3 Å². The maximum absolute atomic E-state index is 12.8. The summed E-state index contributed by atoms with van der Waals surface area (Å²) in [6.45, 7) is 0.142. The van der Waals surface area contributed by atoms with Gasteiger partial charge in [-0.2, -0.15) is 13.2 Å². The fraction of sp³-hybridized carbons (Fsp3) is 0.143. The third-order valence-electron chi connectivity index (χ3n) is 4.58. The van der Waals surface area contributed by atoms with Crippen LogP contribution in [-0.2, 0) is 17.5 Å². The summed E-state index contributed by atoms with van der Waals surface area (Å²) < 4.78 is 43.6. The first-order valence-electron chi connectivity index (χ1n) is 9.57. The third-order valence-corrected chi connectivity index (χ3v) is 4.87. The molecule has 4 rings (SSSR count). The highest BCUT2D eigenvalue weighted by molar-refractivity contribution is 6.33. The molecule has 174 valence electrons. The Kier molecular flexibility index (Phi) is 6.26. The number of nitrogens with one attached hydrogen (secondary N) is 1. The highest BCUT2D eigenvalue weighted by atomic mass is 35.5. The molecule has 13 heteroatoms. The van der Waals surface area contributed by atoms with Crippen molar-refractivity contribution in [1.29, 1.82) is 0 Å². The van der Waals surface area contributed by atoms with Gasteiger partial charge in [-0.05, 0) is 24.3 Å². The second-order valence-electron chi connectivity index (χ2n) is 7.00. The zero-order chi connectivity index (χ0) is 24.5. The molecule has 9 nitrogen and oxygen atoms in total. The molecule has 0 aliphatic heterocycles. The highest BCUT2D eigenvalue weighted by Crippen LogP contribution is 2.31. The van der Waals surface area contributed by atoms with Gasteiger partial charge < -0.3 is 15.8 Å². The average molecular weight is 490 g/mol. The van der Waals surface area contributed by atoms with Gasteiger partial charge in [-0.15, -0.1) is 0 Å². The fourth-order valence-corrected chi connectivity index (χ4v) is 3.28. The Hall–Kier alpha value is -3.90. The van der Waals surface area contributed by atoms with Gasteiger partial charge >= 0.3 is 6.18 Å². The maximum Gasteiger partial charge on any atom is 0.417 e. The van der Waals surface area contributed by atoms with Crippen LogP contribution in [0.4, 0.5) is 24.7 Å². The summed E-state index contributed by atoms with van der Waals surface area (Å²) in [6, 6.07) is 5.13. The lowest BCUT2D eigenvalue weighted by Crippen LogP contribution is -2.11. The van der Waals surface area contributed by atoms with Crippen molar-refractivity contribution in [2.45, 2.75) is 12.8 Å². The minimum atomic E-state index is -4.49. The van der Waals surface area contributed by atoms with Crippen LogP contribution >= 0.6 is 11.6 Å². The van der Waals surface area contributed by atoms with Crippen LogP contribution in [0.5, 0.6) is 0 Å². The molecule has 0 radical (unpaired) electrons. The summed E-state index contributed by atoms with van der Waals surface area (Å²) in [5.74, 6) is -0.509. The van der Waals surface area contributed by atoms with Crippen LogP contribution in [0.2, 0.25) is 5.02 Å². The number of ether oxygens (including phenoxy) is 1. The van der Waals surface area contributed by atoms with Gasteiger partial charge in [0, 0.05) is 19.5 Å². The smallest absolute Gasteiger partial charge is 0.378 e. The second kappa shape index (κ2) is 9.15. The number of rotatable bonds is 6. The van der Waals surface area contributed by atoms with E-state index in [2.05, 4.69) is 30.2 Å². The Bertz CT molecular complexity index is 1380. The van der Waals surface area contributed by atoms with Gasteiger partial charge in [0.2, 0.25) is 5.91 Å². The highest BCUT2D eigenvalue weighted by Gasteiger charge is 2.30. The molecule has 4 aromatic heterocycles. The molecule has 0 saturated heterocycles. The summed E-state index contributed by atoms with van der Waals surface area (Å²) in [4.78, 5) is 32.6. The Balaban J connectivity index is 1.75. The lowest BCUT2D eigenvalue weighted by molar-refractivity contribution is -0.137. The SMILES string of the molecule is COCc1cc(Nc2ccc(C(F)(F)F)cn2)c2ncc(-c3ncc(C(N)=O)cc3Cl)nc2n1. The Labute approximate surface area is 195 Å². The number of pyridine rings is 3. The van der Waals surface area contributed by atoms with Crippen molar-refractivity contribution in [2.24, 2.45) is 5.73 Å². The van der Waals surface area contributed by atoms with Crippen LogP contribution in [0.1, 0.15) is 21.6 Å². The van der Waals surface area contributed by atoms with Gasteiger partial charge in [0.1, 0.15) is 22.7 Å². The predicted octanol–water partition coefficient (Wildman–Crippen LogP) is 4.14. The predicted molar refractivity (Wildman–Crippen MR) is 117 cm³/mol. The molecule has 0 aliphatic carbocycles. The molecule has 0 bridgehead atoms. The molecule has 4 heterocycles. The van der Waals surface area contributed by atoms with E-state index < -0.39 is 17.6 Å². The molecule has 4 aromatic rings. The number of aromatic nitrogens is 5. The molecule has 0 saturated carbocycles. The third kappa shape index (κ3) is 4.87. The van der Waals surface area contributed by atoms with E-state index in [-0.39, 0.29) is 40.0 Å². The number of carbonyl (C=O) groups excluding carboxylic acids is 1. The average Bonchev–Trinajstić information content (AvgIpc) is 2.78. The Morgan fingerprint density at radius 3 is 2.53 bits per heavy atom. The van der Waals surface area contributed by atoms with Crippen molar-refractivity contribution in [3.05, 3.63) is 64.7 Å². The van der Waals surface area contributed by atoms with E-state index in [1.165, 1.54) is 31.6 Å². The van der Waals surface area contributed by atoms with Crippen LogP contribution < -0.4 is 11.1 Å². The number of carbonyl (C=O) groups is 1. The molecular formula is C21H15ClF3N7O2. The van der Waals surface area contributed by atoms with E-state index in [9.17, 15) is 18.0 Å². The number of methoxy groups -OCH3 is 1. The molecule has 0 aliphatic rings. The largest absolute Gasteiger partial charge is 0.417 e. The number of halogens is 4. The summed E-state index contributed by atoms with van der Waals surface area (Å²) in [5.41, 5.74) is 6.49. The number of hydrogen-bond donors (Lipinski definition) is 2. The summed E-state index contributed by atoms with van der Waals surface area (Å²) >= 11 is 6.24. The van der Waals surface area contributed by atoms with Gasteiger partial charge in [-0.3, -0.25) is 9.78 Å². The van der Waals surface area contributed by atoms with Crippen molar-refractivity contribution >= 4 is 40.2 Å². The maximum atomic E-state index is 12.8. The number of nitrogens with zero attached hydrogens (tertiary/aromatic N) is 5. The summed E-state index contributed by atoms with van der Waals surface area (Å²) in [7, 11) is 1.49. The molecule has 0 aromatic carbocycles. The molecule has 0 unspecified atom stereocenters. The quantitative estimate of drug-likeness (QED) is 0.413. The van der Waals surface area contributed by atoms with Crippen LogP contribution in [0, 0.1) is 0 Å². The number of nitrogens with two attached hydrogens (primary N) is 1. The summed E-state index contributed by atoms with van der Waals surface area (Å²) in [6.07, 6.45) is -1.08. The number of fused-ring (bicyclic) bond motifs is 1. The van der Waals surface area contributed by atoms with E-state index in [1.54, 1.807) is 6.07 Å². The van der Waals surface area contributed by atoms with Crippen molar-refractivity contribution in [2.75, 3.05) is 12.4 Å². The minimum Gasteiger partial charge on any atom is -0.378 e. The van der Waals surface area contributed by atoms with Crippen molar-refractivity contribution < 1.29 is 22.7 Å². The van der Waals surface area contributed by atoms with Crippen LogP contribution in [0.25, 0.3) is 22.6 Å². The Morgan fingerprint density at radius 2 is 1.91 bits per heavy atom. The second-order valence-corrected chi connectivity index (χ2v) is 7.40. The van der Waals surface area contributed by atoms with Gasteiger partial charge in [0.15, 0.2) is 5.65 Å². The molecule has 1 amide bonds. The van der Waals surface area contributed by atoms with E-state index in [4.69, 9.17) is 22.1 Å². The first-order valence-corrected chi connectivity index (χ1v) is 9.95. The lowest BCUT2D eigenvalue weighted by atomic mass is 10.2. The van der Waals surface area contributed by atoms with Crippen LogP contribution in [0.15, 0.2) is 42.9 Å². The summed E-state index contributed by atoms with van der Waals surface area (Å²) in [5, 5.41) is 3.09. The zero-order valence-corrected chi connectivity index (χ0v) is 18.1. The van der Waals surface area contributed by atoms with Gasteiger partial charge in [0.05, 0.1) is 40.3 Å². The van der Waals surface area contributed by atoms with Crippen molar-refractivity contribution in [3.8, 4) is 11.4 Å². The molecule has 34 heavy (non-hydrogen) atoms. The lowest BCUT2D eigenvalue weighted by Gasteiger charge is -2.12. The van der Waals surface area contributed by atoms with Crippen molar-refractivity contribution in [3.63, 3.8) is 0 Å². The van der Waals surface area contributed by atoms with Crippen LogP contribution in [0.3, 0.4) is 0 Å². The molecule has 0 atom stereocenters. The molecular weight excluding hydrogens is 475 g/mol. The van der Waals surface area contributed by atoms with E-state index >= 15 is 0 Å². The number of amides is 1. The minimum absolute atomic E-state index is 0.138. The Morgan fingerprint density at radius 1 is 1.12 bits per heavy atom. The normalized spacial score (nSPS) is 11.6. The standard InChI is InChI=1S/C21H15ClF3N7O2/c1-34-9-12-5-14(31-16-3-2-11(7-27-16)21(23,24)25)18-20(30-12)32-15(8-29-18)17-13(22)4-10(6-28-17)19(26)33/h2-8H,9H2,1H3,(H2,26,33)(H,27,30,31,32). The van der Waals surface area contributed by atoms with E-state index in [1.807, 2.05) is 0 Å². The molecule has 3 N–H and O–H groups in total. The van der Waals surface area contributed by atoms with E-state index in [0.29, 0.717) is 16.9 Å². The fourth-order valence-electron chi connectivity index (χ4n) is 3.02. The first kappa shape index (κ1) is 23.3. The van der Waals surface area contributed by atoms with Gasteiger partial charge in [-0.1, -0.05) is 11.6 Å². The zero-order valence-electron chi connectivity index (χ0n) is 17.4. The molecule has 0 spiro atoms. The topological polar surface area (TPSA) is 129 Å².